The molecule has 2 atom stereocenters. The maximum absolute atomic E-state index is 11.6. The second kappa shape index (κ2) is 4.96. The van der Waals surface area contributed by atoms with E-state index in [4.69, 9.17) is 0 Å². The first kappa shape index (κ1) is 13.0. The van der Waals surface area contributed by atoms with Crippen molar-refractivity contribution in [1.82, 2.24) is 4.98 Å². The maximum atomic E-state index is 11.6. The largest absolute Gasteiger partial charge is 0.384 e. The van der Waals surface area contributed by atoms with Crippen molar-refractivity contribution in [3.8, 4) is 0 Å². The van der Waals surface area contributed by atoms with Crippen molar-refractivity contribution in [1.29, 1.82) is 0 Å². The topological polar surface area (TPSA) is 33.1 Å². The van der Waals surface area contributed by atoms with Crippen molar-refractivity contribution in [2.45, 2.75) is 50.0 Å². The van der Waals surface area contributed by atoms with E-state index in [9.17, 15) is 5.11 Å². The SMILES string of the molecule is OC1(C2CCCc3cccnc32)CCCc2ccccc21. The Balaban J connectivity index is 1.84. The predicted octanol–water partition coefficient (Wildman–Crippen LogP) is 3.73. The Hall–Kier alpha value is -1.67. The fraction of sp³-hybridized carbons (Fsp3) is 0.421. The summed E-state index contributed by atoms with van der Waals surface area (Å²) in [6.07, 6.45) is 8.15. The van der Waals surface area contributed by atoms with E-state index in [1.54, 1.807) is 0 Å². The molecule has 1 aromatic carbocycles. The van der Waals surface area contributed by atoms with Gasteiger partial charge in [-0.25, -0.2) is 0 Å². The van der Waals surface area contributed by atoms with Crippen molar-refractivity contribution in [3.63, 3.8) is 0 Å². The van der Waals surface area contributed by atoms with Gasteiger partial charge in [0.2, 0.25) is 0 Å². The number of benzene rings is 1. The molecule has 0 amide bonds. The molecular formula is C19H21NO. The van der Waals surface area contributed by atoms with Gasteiger partial charge < -0.3 is 5.11 Å². The zero-order chi connectivity index (χ0) is 14.3. The Morgan fingerprint density at radius 1 is 1.00 bits per heavy atom. The molecule has 2 aliphatic rings. The van der Waals surface area contributed by atoms with Gasteiger partial charge in [-0.05, 0) is 61.3 Å². The van der Waals surface area contributed by atoms with Crippen LogP contribution in [0.25, 0.3) is 0 Å². The quantitative estimate of drug-likeness (QED) is 0.863. The molecule has 0 radical (unpaired) electrons. The van der Waals surface area contributed by atoms with Crippen LogP contribution in [-0.4, -0.2) is 10.1 Å². The number of pyridine rings is 1. The molecule has 2 heteroatoms. The first-order valence-corrected chi connectivity index (χ1v) is 8.03. The third kappa shape index (κ3) is 2.01. The monoisotopic (exact) mass is 279 g/mol. The second-order valence-electron chi connectivity index (χ2n) is 6.43. The Labute approximate surface area is 125 Å². The number of rotatable bonds is 1. The van der Waals surface area contributed by atoms with E-state index in [1.807, 2.05) is 12.3 Å². The first-order chi connectivity index (χ1) is 10.3. The molecule has 1 heterocycles. The van der Waals surface area contributed by atoms with Crippen molar-refractivity contribution < 1.29 is 5.11 Å². The lowest BCUT2D eigenvalue weighted by Crippen LogP contribution is -2.39. The minimum absolute atomic E-state index is 0.142. The molecule has 2 aliphatic carbocycles. The van der Waals surface area contributed by atoms with Gasteiger partial charge in [-0.1, -0.05) is 30.3 Å². The van der Waals surface area contributed by atoms with Crippen LogP contribution in [0.1, 0.15) is 54.0 Å². The lowest BCUT2D eigenvalue weighted by molar-refractivity contribution is -0.0161. The number of aromatic nitrogens is 1. The summed E-state index contributed by atoms with van der Waals surface area (Å²) in [6.45, 7) is 0. The van der Waals surface area contributed by atoms with Crippen LogP contribution >= 0.6 is 0 Å². The van der Waals surface area contributed by atoms with Gasteiger partial charge in [0.15, 0.2) is 0 Å². The fourth-order valence-corrected chi connectivity index (χ4v) is 4.28. The molecule has 21 heavy (non-hydrogen) atoms. The molecule has 2 unspecified atom stereocenters. The summed E-state index contributed by atoms with van der Waals surface area (Å²) in [4.78, 5) is 4.63. The van der Waals surface area contributed by atoms with E-state index in [-0.39, 0.29) is 5.92 Å². The lowest BCUT2D eigenvalue weighted by atomic mass is 9.67. The van der Waals surface area contributed by atoms with Gasteiger partial charge in [0.25, 0.3) is 0 Å². The van der Waals surface area contributed by atoms with Gasteiger partial charge in [-0.2, -0.15) is 0 Å². The summed E-state index contributed by atoms with van der Waals surface area (Å²) >= 11 is 0. The van der Waals surface area contributed by atoms with Crippen LogP contribution < -0.4 is 0 Å². The zero-order valence-corrected chi connectivity index (χ0v) is 12.3. The first-order valence-electron chi connectivity index (χ1n) is 8.03. The van der Waals surface area contributed by atoms with Gasteiger partial charge in [0.1, 0.15) is 0 Å². The lowest BCUT2D eigenvalue weighted by Gasteiger charge is -2.42. The zero-order valence-electron chi connectivity index (χ0n) is 12.3. The average molecular weight is 279 g/mol. The van der Waals surface area contributed by atoms with Crippen LogP contribution in [0.15, 0.2) is 42.6 Å². The number of hydrogen-bond acceptors (Lipinski definition) is 2. The van der Waals surface area contributed by atoms with Crippen molar-refractivity contribution in [2.75, 3.05) is 0 Å². The molecule has 2 aromatic rings. The fourth-order valence-electron chi connectivity index (χ4n) is 4.28. The number of nitrogens with zero attached hydrogens (tertiary/aromatic N) is 1. The molecule has 0 aliphatic heterocycles. The van der Waals surface area contributed by atoms with E-state index >= 15 is 0 Å². The minimum atomic E-state index is -0.738. The molecule has 1 N–H and O–H groups in total. The van der Waals surface area contributed by atoms with Crippen LogP contribution in [0.4, 0.5) is 0 Å². The highest BCUT2D eigenvalue weighted by atomic mass is 16.3. The van der Waals surface area contributed by atoms with Gasteiger partial charge >= 0.3 is 0 Å². The smallest absolute Gasteiger partial charge is 0.0982 e. The summed E-state index contributed by atoms with van der Waals surface area (Å²) in [5, 5.41) is 11.6. The Kier molecular flexibility index (Phi) is 3.07. The highest BCUT2D eigenvalue weighted by Gasteiger charge is 2.44. The van der Waals surface area contributed by atoms with Gasteiger partial charge in [-0.15, -0.1) is 0 Å². The van der Waals surface area contributed by atoms with E-state index in [0.29, 0.717) is 0 Å². The van der Waals surface area contributed by atoms with Crippen LogP contribution in [0.3, 0.4) is 0 Å². The summed E-state index contributed by atoms with van der Waals surface area (Å²) in [5.74, 6) is 0.142. The molecule has 0 bridgehead atoms. The van der Waals surface area contributed by atoms with Crippen LogP contribution in [0.2, 0.25) is 0 Å². The van der Waals surface area contributed by atoms with E-state index in [2.05, 4.69) is 35.3 Å². The normalized spacial score (nSPS) is 27.8. The average Bonchev–Trinajstić information content (AvgIpc) is 2.55. The van der Waals surface area contributed by atoms with Gasteiger partial charge in [-0.3, -0.25) is 4.98 Å². The molecule has 0 saturated heterocycles. The van der Waals surface area contributed by atoms with E-state index in [0.717, 1.165) is 49.8 Å². The molecule has 4 rings (SSSR count). The summed E-state index contributed by atoms with van der Waals surface area (Å²) < 4.78 is 0. The molecule has 0 fully saturated rings. The summed E-state index contributed by atoms with van der Waals surface area (Å²) in [6, 6.07) is 12.6. The van der Waals surface area contributed by atoms with Gasteiger partial charge in [0, 0.05) is 17.8 Å². The molecular weight excluding hydrogens is 258 g/mol. The van der Waals surface area contributed by atoms with Crippen molar-refractivity contribution in [2.24, 2.45) is 0 Å². The predicted molar refractivity (Wildman–Crippen MR) is 83.2 cm³/mol. The third-order valence-corrected chi connectivity index (χ3v) is 5.26. The molecule has 0 spiro atoms. The Morgan fingerprint density at radius 3 is 2.76 bits per heavy atom. The Morgan fingerprint density at radius 2 is 1.81 bits per heavy atom. The summed E-state index contributed by atoms with van der Waals surface area (Å²) in [5.41, 5.74) is 4.17. The summed E-state index contributed by atoms with van der Waals surface area (Å²) in [7, 11) is 0. The minimum Gasteiger partial charge on any atom is -0.384 e. The van der Waals surface area contributed by atoms with Crippen LogP contribution in [-0.2, 0) is 18.4 Å². The van der Waals surface area contributed by atoms with Gasteiger partial charge in [0.05, 0.1) is 5.60 Å². The number of fused-ring (bicyclic) bond motifs is 2. The second-order valence-corrected chi connectivity index (χ2v) is 6.43. The maximum Gasteiger partial charge on any atom is 0.0982 e. The molecule has 2 nitrogen and oxygen atoms in total. The van der Waals surface area contributed by atoms with E-state index < -0.39 is 5.60 Å². The van der Waals surface area contributed by atoms with Crippen LogP contribution in [0, 0.1) is 0 Å². The molecule has 0 saturated carbocycles. The van der Waals surface area contributed by atoms with E-state index in [1.165, 1.54) is 11.1 Å². The number of hydrogen-bond donors (Lipinski definition) is 1. The molecule has 1 aromatic heterocycles. The van der Waals surface area contributed by atoms with Crippen LogP contribution in [0.5, 0.6) is 0 Å². The van der Waals surface area contributed by atoms with Crippen molar-refractivity contribution >= 4 is 0 Å². The number of aryl methyl sites for hydroxylation is 2. The molecule has 108 valence electrons. The van der Waals surface area contributed by atoms with Crippen molar-refractivity contribution in [3.05, 3.63) is 65.0 Å². The number of aliphatic hydroxyl groups is 1. The third-order valence-electron chi connectivity index (χ3n) is 5.26. The highest BCUT2D eigenvalue weighted by Crippen LogP contribution is 2.49. The standard InChI is InChI=1S/C19H21NO/c21-19(12-4-8-14-6-1-2-10-16(14)19)17-11-3-7-15-9-5-13-20-18(15)17/h1-2,5-6,9-10,13,17,21H,3-4,7-8,11-12H2. The Bertz CT molecular complexity index is 666. The highest BCUT2D eigenvalue weighted by molar-refractivity contribution is 5.40.